The number of carbonyl (C=O) groups excluding carboxylic acids is 1. The number of hydrogen-bond acceptors (Lipinski definition) is 4. The summed E-state index contributed by atoms with van der Waals surface area (Å²) >= 11 is 0. The molecule has 0 saturated carbocycles. The highest BCUT2D eigenvalue weighted by atomic mass is 19.1. The van der Waals surface area contributed by atoms with Crippen LogP contribution in [0.5, 0.6) is 0 Å². The molecule has 0 bridgehead atoms. The molecule has 0 radical (unpaired) electrons. The monoisotopic (exact) mass is 311 g/mol. The molecular weight excluding hydrogens is 293 g/mol. The highest BCUT2D eigenvalue weighted by Crippen LogP contribution is 2.16. The first-order chi connectivity index (χ1) is 10.6. The first-order valence-corrected chi connectivity index (χ1v) is 7.08. The number of amides is 1. The summed E-state index contributed by atoms with van der Waals surface area (Å²) in [4.78, 5) is 22.5. The van der Waals surface area contributed by atoms with Gasteiger partial charge in [-0.3, -0.25) is 4.79 Å². The van der Waals surface area contributed by atoms with Crippen LogP contribution >= 0.6 is 0 Å². The van der Waals surface area contributed by atoms with Crippen LogP contribution in [0.25, 0.3) is 0 Å². The Hall–Kier alpha value is -1.99. The Morgan fingerprint density at radius 2 is 2.27 bits per heavy atom. The minimum Gasteiger partial charge on any atom is -0.478 e. The minimum atomic E-state index is -1.18. The number of anilines is 1. The summed E-state index contributed by atoms with van der Waals surface area (Å²) in [5.74, 6) is -2.30. The number of nitrogens with one attached hydrogen (secondary N) is 1. The van der Waals surface area contributed by atoms with Gasteiger partial charge in [0.1, 0.15) is 5.82 Å². The molecule has 1 atom stereocenters. The third kappa shape index (κ3) is 4.78. The van der Waals surface area contributed by atoms with Gasteiger partial charge in [-0.25, -0.2) is 9.18 Å². The number of benzene rings is 1. The molecule has 1 heterocycles. The highest BCUT2D eigenvalue weighted by molar-refractivity contribution is 5.94. The summed E-state index contributed by atoms with van der Waals surface area (Å²) in [5, 5.41) is 11.2. The molecule has 0 spiro atoms. The van der Waals surface area contributed by atoms with Crippen molar-refractivity contribution in [1.29, 1.82) is 0 Å². The second kappa shape index (κ2) is 7.86. The lowest BCUT2D eigenvalue weighted by molar-refractivity contribution is -0.117. The number of rotatable bonds is 7. The van der Waals surface area contributed by atoms with E-state index < -0.39 is 17.7 Å². The van der Waals surface area contributed by atoms with Gasteiger partial charge in [-0.05, 0) is 31.0 Å². The fourth-order valence-corrected chi connectivity index (χ4v) is 2.12. The van der Waals surface area contributed by atoms with E-state index in [-0.39, 0.29) is 30.4 Å². The van der Waals surface area contributed by atoms with Crippen LogP contribution in [-0.2, 0) is 14.3 Å². The maximum atomic E-state index is 13.5. The molecule has 1 amide bonds. The Kier molecular flexibility index (Phi) is 5.85. The summed E-state index contributed by atoms with van der Waals surface area (Å²) in [7, 11) is 0. The minimum absolute atomic E-state index is 0.0590. The van der Waals surface area contributed by atoms with Crippen molar-refractivity contribution in [1.82, 2.24) is 0 Å². The van der Waals surface area contributed by atoms with E-state index in [1.54, 1.807) is 0 Å². The molecule has 1 aromatic carbocycles. The average molecular weight is 311 g/mol. The number of ether oxygens (including phenoxy) is 2. The number of hydrogen-bond donors (Lipinski definition) is 2. The molecule has 2 N–H and O–H groups in total. The van der Waals surface area contributed by atoms with Crippen LogP contribution in [0.2, 0.25) is 0 Å². The molecule has 6 nitrogen and oxygen atoms in total. The van der Waals surface area contributed by atoms with E-state index in [0.717, 1.165) is 37.6 Å². The van der Waals surface area contributed by atoms with Gasteiger partial charge in [0.25, 0.3) is 0 Å². The lowest BCUT2D eigenvalue weighted by Crippen LogP contribution is -2.19. The topological polar surface area (TPSA) is 84.9 Å². The van der Waals surface area contributed by atoms with Gasteiger partial charge < -0.3 is 19.9 Å². The Morgan fingerprint density at radius 1 is 1.45 bits per heavy atom. The second-order valence-electron chi connectivity index (χ2n) is 5.01. The number of carboxylic acid groups (broad SMARTS) is 1. The van der Waals surface area contributed by atoms with E-state index in [0.29, 0.717) is 6.61 Å². The summed E-state index contributed by atoms with van der Waals surface area (Å²) in [6.07, 6.45) is 2.13. The van der Waals surface area contributed by atoms with Gasteiger partial charge in [0.15, 0.2) is 0 Å². The van der Waals surface area contributed by atoms with Crippen molar-refractivity contribution in [3.63, 3.8) is 0 Å². The third-order valence-corrected chi connectivity index (χ3v) is 3.29. The van der Waals surface area contributed by atoms with Crippen molar-refractivity contribution in [3.05, 3.63) is 29.6 Å². The van der Waals surface area contributed by atoms with Crippen molar-refractivity contribution in [2.75, 3.05) is 25.1 Å². The third-order valence-electron chi connectivity index (χ3n) is 3.29. The summed E-state index contributed by atoms with van der Waals surface area (Å²) < 4.78 is 24.3. The van der Waals surface area contributed by atoms with Crippen molar-refractivity contribution in [3.8, 4) is 0 Å². The Labute approximate surface area is 127 Å². The number of halogens is 1. The zero-order valence-corrected chi connectivity index (χ0v) is 12.0. The average Bonchev–Trinajstić information content (AvgIpc) is 2.99. The lowest BCUT2D eigenvalue weighted by atomic mass is 10.2. The van der Waals surface area contributed by atoms with Crippen LogP contribution in [0.15, 0.2) is 18.2 Å². The van der Waals surface area contributed by atoms with Gasteiger partial charge in [0, 0.05) is 6.61 Å². The van der Waals surface area contributed by atoms with Crippen LogP contribution in [-0.4, -0.2) is 42.9 Å². The van der Waals surface area contributed by atoms with Crippen molar-refractivity contribution in [2.45, 2.75) is 25.4 Å². The quantitative estimate of drug-likeness (QED) is 0.753. The van der Waals surface area contributed by atoms with Crippen molar-refractivity contribution >= 4 is 17.6 Å². The first kappa shape index (κ1) is 16.4. The van der Waals surface area contributed by atoms with Gasteiger partial charge in [0.05, 0.1) is 37.0 Å². The van der Waals surface area contributed by atoms with Gasteiger partial charge >= 0.3 is 5.97 Å². The fourth-order valence-electron chi connectivity index (χ4n) is 2.12. The molecule has 7 heteroatoms. The zero-order valence-electron chi connectivity index (χ0n) is 12.0. The van der Waals surface area contributed by atoms with E-state index in [1.165, 1.54) is 0 Å². The summed E-state index contributed by atoms with van der Waals surface area (Å²) in [6.45, 7) is 1.38. The highest BCUT2D eigenvalue weighted by Gasteiger charge is 2.16. The van der Waals surface area contributed by atoms with Gasteiger partial charge in [-0.15, -0.1) is 0 Å². The van der Waals surface area contributed by atoms with E-state index in [9.17, 15) is 14.0 Å². The molecule has 1 aliphatic rings. The first-order valence-electron chi connectivity index (χ1n) is 7.08. The number of aromatic carboxylic acids is 1. The van der Waals surface area contributed by atoms with Crippen molar-refractivity contribution in [2.24, 2.45) is 0 Å². The maximum Gasteiger partial charge on any atom is 0.335 e. The van der Waals surface area contributed by atoms with Crippen LogP contribution in [0.4, 0.5) is 10.1 Å². The second-order valence-corrected chi connectivity index (χ2v) is 5.01. The molecule has 0 aromatic heterocycles. The standard InChI is InChI=1S/C15H18FNO5/c16-12-4-3-10(15(19)20)8-13(12)17-14(18)5-7-21-9-11-2-1-6-22-11/h3-4,8,11H,1-2,5-7,9H2,(H,17,18)(H,19,20). The molecule has 1 fully saturated rings. The smallest absolute Gasteiger partial charge is 0.335 e. The Morgan fingerprint density at radius 3 is 2.95 bits per heavy atom. The largest absolute Gasteiger partial charge is 0.478 e. The van der Waals surface area contributed by atoms with E-state index in [2.05, 4.69) is 5.32 Å². The molecule has 1 saturated heterocycles. The molecule has 120 valence electrons. The number of carbonyl (C=O) groups is 2. The van der Waals surface area contributed by atoms with Gasteiger partial charge in [-0.1, -0.05) is 0 Å². The van der Waals surface area contributed by atoms with Crippen LogP contribution in [0.3, 0.4) is 0 Å². The molecule has 1 unspecified atom stereocenters. The van der Waals surface area contributed by atoms with Crippen LogP contribution in [0, 0.1) is 5.82 Å². The predicted molar refractivity (Wildman–Crippen MR) is 76.4 cm³/mol. The van der Waals surface area contributed by atoms with Crippen LogP contribution < -0.4 is 5.32 Å². The zero-order chi connectivity index (χ0) is 15.9. The Balaban J connectivity index is 1.76. The molecule has 1 aromatic rings. The maximum absolute atomic E-state index is 13.5. The van der Waals surface area contributed by atoms with E-state index in [1.807, 2.05) is 0 Å². The predicted octanol–water partition coefficient (Wildman–Crippen LogP) is 2.05. The van der Waals surface area contributed by atoms with E-state index in [4.69, 9.17) is 14.6 Å². The molecule has 22 heavy (non-hydrogen) atoms. The van der Waals surface area contributed by atoms with Gasteiger partial charge in [-0.2, -0.15) is 0 Å². The van der Waals surface area contributed by atoms with Crippen molar-refractivity contribution < 1.29 is 28.6 Å². The lowest BCUT2D eigenvalue weighted by Gasteiger charge is -2.10. The van der Waals surface area contributed by atoms with E-state index >= 15 is 0 Å². The molecule has 2 rings (SSSR count). The Bertz CT molecular complexity index is 543. The normalized spacial score (nSPS) is 17.4. The summed E-state index contributed by atoms with van der Waals surface area (Å²) in [6, 6.07) is 3.23. The van der Waals surface area contributed by atoms with Gasteiger partial charge in [0.2, 0.25) is 5.91 Å². The molecule has 0 aliphatic carbocycles. The molecule has 1 aliphatic heterocycles. The number of carboxylic acids is 1. The van der Waals surface area contributed by atoms with Crippen LogP contribution in [0.1, 0.15) is 29.6 Å². The SMILES string of the molecule is O=C(CCOCC1CCCO1)Nc1cc(C(=O)O)ccc1F. The summed E-state index contributed by atoms with van der Waals surface area (Å²) in [5.41, 5.74) is -0.240. The fraction of sp³-hybridized carbons (Fsp3) is 0.467. The molecular formula is C15H18FNO5.